The molecule has 0 bridgehead atoms. The molecule has 0 spiro atoms. The van der Waals surface area contributed by atoms with E-state index in [1.165, 1.54) is 18.3 Å². The van der Waals surface area contributed by atoms with Crippen LogP contribution in [-0.4, -0.2) is 27.9 Å². The van der Waals surface area contributed by atoms with Gasteiger partial charge < -0.3 is 15.7 Å². The molecule has 1 unspecified atom stereocenters. The molecule has 7 nitrogen and oxygen atoms in total. The van der Waals surface area contributed by atoms with E-state index in [0.717, 1.165) is 24.1 Å². The summed E-state index contributed by atoms with van der Waals surface area (Å²) in [6.07, 6.45) is 3.19. The molecule has 1 aliphatic rings. The lowest BCUT2D eigenvalue weighted by molar-refractivity contribution is -0.117. The van der Waals surface area contributed by atoms with Crippen LogP contribution in [0.25, 0.3) is 0 Å². The highest BCUT2D eigenvalue weighted by atomic mass is 16.4. The van der Waals surface area contributed by atoms with Crippen LogP contribution in [0.1, 0.15) is 52.2 Å². The van der Waals surface area contributed by atoms with E-state index < -0.39 is 11.9 Å². The van der Waals surface area contributed by atoms with Crippen molar-refractivity contribution >= 4 is 23.5 Å². The number of aromatic nitrogens is 1. The van der Waals surface area contributed by atoms with E-state index in [2.05, 4.69) is 15.6 Å². The van der Waals surface area contributed by atoms with E-state index in [0.29, 0.717) is 0 Å². The summed E-state index contributed by atoms with van der Waals surface area (Å²) in [4.78, 5) is 38.9. The van der Waals surface area contributed by atoms with Crippen molar-refractivity contribution in [2.24, 2.45) is 5.92 Å². The predicted octanol–water partition coefficient (Wildman–Crippen LogP) is 2.62. The summed E-state index contributed by atoms with van der Waals surface area (Å²) in [6.45, 7) is 1.82. The molecule has 0 saturated heterocycles. The first-order chi connectivity index (χ1) is 12.4. The second-order valence-electron chi connectivity index (χ2n) is 6.32. The monoisotopic (exact) mass is 353 g/mol. The highest BCUT2D eigenvalue weighted by molar-refractivity contribution is 5.96. The van der Waals surface area contributed by atoms with Crippen LogP contribution < -0.4 is 10.6 Å². The van der Waals surface area contributed by atoms with Crippen molar-refractivity contribution in [3.8, 4) is 0 Å². The first kappa shape index (κ1) is 17.6. The predicted molar refractivity (Wildman–Crippen MR) is 94.9 cm³/mol. The van der Waals surface area contributed by atoms with E-state index in [1.54, 1.807) is 12.1 Å². The van der Waals surface area contributed by atoms with Crippen LogP contribution in [0.2, 0.25) is 0 Å². The van der Waals surface area contributed by atoms with E-state index in [4.69, 9.17) is 5.11 Å². The number of hydrogen-bond acceptors (Lipinski definition) is 4. The standard InChI is InChI=1S/C19H19N3O4/c1-11(21-18(24)16-10-14(19(25)26)8-9-20-16)12-4-6-15(7-5-12)22-17(23)13-2-3-13/h4-11,13H,2-3H2,1H3,(H,21,24)(H,22,23)(H,25,26). The number of aromatic carboxylic acids is 1. The van der Waals surface area contributed by atoms with Gasteiger partial charge in [0.1, 0.15) is 5.69 Å². The van der Waals surface area contributed by atoms with Crippen LogP contribution >= 0.6 is 0 Å². The normalized spacial score (nSPS) is 14.3. The number of amides is 2. The van der Waals surface area contributed by atoms with Gasteiger partial charge in [-0.3, -0.25) is 14.6 Å². The topological polar surface area (TPSA) is 108 Å². The van der Waals surface area contributed by atoms with Crippen molar-refractivity contribution in [2.45, 2.75) is 25.8 Å². The Morgan fingerprint density at radius 1 is 1.15 bits per heavy atom. The Balaban J connectivity index is 1.62. The van der Waals surface area contributed by atoms with Gasteiger partial charge in [-0.1, -0.05) is 12.1 Å². The van der Waals surface area contributed by atoms with Crippen LogP contribution in [0, 0.1) is 5.92 Å². The number of hydrogen-bond donors (Lipinski definition) is 3. The lowest BCUT2D eigenvalue weighted by Crippen LogP contribution is -2.27. The number of nitrogens with zero attached hydrogens (tertiary/aromatic N) is 1. The summed E-state index contributed by atoms with van der Waals surface area (Å²) < 4.78 is 0. The smallest absolute Gasteiger partial charge is 0.335 e. The van der Waals surface area contributed by atoms with Crippen molar-refractivity contribution in [1.82, 2.24) is 10.3 Å². The van der Waals surface area contributed by atoms with E-state index in [-0.39, 0.29) is 29.1 Å². The number of anilines is 1. The number of carboxylic acid groups (broad SMARTS) is 1. The number of benzene rings is 1. The minimum Gasteiger partial charge on any atom is -0.478 e. The second kappa shape index (κ2) is 7.35. The molecule has 2 amide bonds. The zero-order chi connectivity index (χ0) is 18.7. The summed E-state index contributed by atoms with van der Waals surface area (Å²) in [5.74, 6) is -1.38. The molecule has 3 rings (SSSR count). The van der Waals surface area contributed by atoms with E-state index >= 15 is 0 Å². The van der Waals surface area contributed by atoms with Gasteiger partial charge in [0, 0.05) is 17.8 Å². The molecule has 1 aromatic heterocycles. The van der Waals surface area contributed by atoms with Gasteiger partial charge in [-0.2, -0.15) is 0 Å². The summed E-state index contributed by atoms with van der Waals surface area (Å²) in [6, 6.07) is 9.51. The van der Waals surface area contributed by atoms with Crippen LogP contribution in [0.5, 0.6) is 0 Å². The first-order valence-electron chi connectivity index (χ1n) is 8.35. The van der Waals surface area contributed by atoms with Gasteiger partial charge in [-0.25, -0.2) is 4.79 Å². The SMILES string of the molecule is CC(NC(=O)c1cc(C(=O)O)ccn1)c1ccc(NC(=O)C2CC2)cc1. The molecule has 1 atom stereocenters. The Labute approximate surface area is 150 Å². The summed E-state index contributed by atoms with van der Waals surface area (Å²) in [5.41, 5.74) is 1.63. The fourth-order valence-electron chi connectivity index (χ4n) is 2.49. The molecule has 1 fully saturated rings. The van der Waals surface area contributed by atoms with Crippen LogP contribution in [-0.2, 0) is 4.79 Å². The van der Waals surface area contributed by atoms with Crippen LogP contribution in [0.3, 0.4) is 0 Å². The highest BCUT2D eigenvalue weighted by Crippen LogP contribution is 2.30. The molecule has 1 saturated carbocycles. The Hall–Kier alpha value is -3.22. The molecule has 26 heavy (non-hydrogen) atoms. The molecule has 1 aromatic carbocycles. The van der Waals surface area contributed by atoms with Crippen molar-refractivity contribution in [3.63, 3.8) is 0 Å². The van der Waals surface area contributed by atoms with Gasteiger partial charge in [-0.15, -0.1) is 0 Å². The molecule has 0 aliphatic heterocycles. The zero-order valence-corrected chi connectivity index (χ0v) is 14.2. The molecule has 1 heterocycles. The average Bonchev–Trinajstić information content (AvgIpc) is 3.47. The molecule has 2 aromatic rings. The molecular formula is C19H19N3O4. The number of nitrogens with one attached hydrogen (secondary N) is 2. The number of carbonyl (C=O) groups is 3. The summed E-state index contributed by atoms with van der Waals surface area (Å²) >= 11 is 0. The van der Waals surface area contributed by atoms with Crippen LogP contribution in [0.4, 0.5) is 5.69 Å². The lowest BCUT2D eigenvalue weighted by atomic mass is 10.1. The van der Waals surface area contributed by atoms with Crippen molar-refractivity contribution in [1.29, 1.82) is 0 Å². The largest absolute Gasteiger partial charge is 0.478 e. The Morgan fingerprint density at radius 3 is 2.46 bits per heavy atom. The summed E-state index contributed by atoms with van der Waals surface area (Å²) in [5, 5.41) is 14.6. The fourth-order valence-corrected chi connectivity index (χ4v) is 2.49. The van der Waals surface area contributed by atoms with Crippen molar-refractivity contribution in [2.75, 3.05) is 5.32 Å². The van der Waals surface area contributed by atoms with Gasteiger partial charge >= 0.3 is 5.97 Å². The van der Waals surface area contributed by atoms with E-state index in [9.17, 15) is 14.4 Å². The Morgan fingerprint density at radius 2 is 1.85 bits per heavy atom. The molecule has 7 heteroatoms. The van der Waals surface area contributed by atoms with Gasteiger partial charge in [0.05, 0.1) is 11.6 Å². The third-order valence-corrected chi connectivity index (χ3v) is 4.21. The Kier molecular flexibility index (Phi) is 4.97. The van der Waals surface area contributed by atoms with Crippen LogP contribution in [0.15, 0.2) is 42.6 Å². The molecular weight excluding hydrogens is 334 g/mol. The molecule has 0 radical (unpaired) electrons. The maximum absolute atomic E-state index is 12.3. The minimum atomic E-state index is -1.11. The number of rotatable bonds is 6. The quantitative estimate of drug-likeness (QED) is 0.740. The van der Waals surface area contributed by atoms with E-state index in [1.807, 2.05) is 19.1 Å². The third-order valence-electron chi connectivity index (χ3n) is 4.21. The molecule has 1 aliphatic carbocycles. The number of carbonyl (C=O) groups excluding carboxylic acids is 2. The maximum Gasteiger partial charge on any atom is 0.335 e. The molecule has 3 N–H and O–H groups in total. The summed E-state index contributed by atoms with van der Waals surface area (Å²) in [7, 11) is 0. The number of carboxylic acids is 1. The minimum absolute atomic E-state index is 0.00793. The lowest BCUT2D eigenvalue weighted by Gasteiger charge is -2.15. The first-order valence-corrected chi connectivity index (χ1v) is 8.35. The average molecular weight is 353 g/mol. The zero-order valence-electron chi connectivity index (χ0n) is 14.2. The maximum atomic E-state index is 12.3. The van der Waals surface area contributed by atoms with Crippen molar-refractivity contribution < 1.29 is 19.5 Å². The molecule has 134 valence electrons. The Bertz CT molecular complexity index is 844. The third kappa shape index (κ3) is 4.24. The van der Waals surface area contributed by atoms with Gasteiger partial charge in [0.15, 0.2) is 0 Å². The van der Waals surface area contributed by atoms with Crippen molar-refractivity contribution in [3.05, 3.63) is 59.4 Å². The van der Waals surface area contributed by atoms with Gasteiger partial charge in [0.2, 0.25) is 5.91 Å². The number of pyridine rings is 1. The van der Waals surface area contributed by atoms with Gasteiger partial charge in [-0.05, 0) is 49.6 Å². The fraction of sp³-hybridized carbons (Fsp3) is 0.263. The second-order valence-corrected chi connectivity index (χ2v) is 6.32. The highest BCUT2D eigenvalue weighted by Gasteiger charge is 2.29. The van der Waals surface area contributed by atoms with Gasteiger partial charge in [0.25, 0.3) is 5.91 Å².